The van der Waals surface area contributed by atoms with E-state index in [2.05, 4.69) is 4.98 Å². The van der Waals surface area contributed by atoms with Crippen molar-refractivity contribution in [2.45, 2.75) is 37.7 Å². The average molecular weight is 283 g/mol. The molecule has 0 aromatic carbocycles. The number of nitrogens with zero attached hydrogens (tertiary/aromatic N) is 1. The molecule has 5 heteroatoms. The summed E-state index contributed by atoms with van der Waals surface area (Å²) in [5.41, 5.74) is -0.00571. The van der Waals surface area contributed by atoms with Crippen LogP contribution in [0.25, 0.3) is 0 Å². The van der Waals surface area contributed by atoms with Crippen LogP contribution in [0.3, 0.4) is 0 Å². The number of hydrogen-bond acceptors (Lipinski definition) is 2. The molecule has 1 saturated heterocycles. The topological polar surface area (TPSA) is 56.3 Å². The number of piperidine rings is 1. The van der Waals surface area contributed by atoms with E-state index in [0.717, 1.165) is 25.7 Å². The standard InChI is InChI=1S/C14H19ClN2O2/c15-11-7-12(16-8-11)13(18)17-6-5-14(19)4-2-1-3-10(14)9-17/h7-8,10,16,19H,1-6,9H2. The number of halogens is 1. The first-order valence-electron chi connectivity index (χ1n) is 6.94. The van der Waals surface area contributed by atoms with Gasteiger partial charge in [-0.05, 0) is 25.3 Å². The van der Waals surface area contributed by atoms with Gasteiger partial charge in [-0.15, -0.1) is 0 Å². The van der Waals surface area contributed by atoms with Crippen LogP contribution < -0.4 is 0 Å². The molecule has 1 aromatic rings. The smallest absolute Gasteiger partial charge is 0.270 e. The van der Waals surface area contributed by atoms with Crippen LogP contribution in [0.2, 0.25) is 5.02 Å². The Bertz CT molecular complexity index is 488. The summed E-state index contributed by atoms with van der Waals surface area (Å²) >= 11 is 5.83. The molecule has 2 aliphatic rings. The number of aliphatic hydroxyl groups is 1. The zero-order valence-corrected chi connectivity index (χ0v) is 11.6. The molecule has 1 saturated carbocycles. The van der Waals surface area contributed by atoms with E-state index in [1.807, 2.05) is 4.90 Å². The quantitative estimate of drug-likeness (QED) is 0.831. The van der Waals surface area contributed by atoms with E-state index in [1.165, 1.54) is 0 Å². The van der Waals surface area contributed by atoms with Crippen LogP contribution in [0.1, 0.15) is 42.6 Å². The molecule has 3 rings (SSSR count). The maximum atomic E-state index is 12.3. The fourth-order valence-electron chi connectivity index (χ4n) is 3.42. The number of rotatable bonds is 1. The van der Waals surface area contributed by atoms with Gasteiger partial charge in [-0.2, -0.15) is 0 Å². The first kappa shape index (κ1) is 13.0. The summed E-state index contributed by atoms with van der Waals surface area (Å²) < 4.78 is 0. The first-order chi connectivity index (χ1) is 9.08. The summed E-state index contributed by atoms with van der Waals surface area (Å²) in [6.07, 6.45) is 6.48. The minimum atomic E-state index is -0.539. The second-order valence-corrected chi connectivity index (χ2v) is 6.22. The van der Waals surface area contributed by atoms with Crippen molar-refractivity contribution < 1.29 is 9.90 Å². The number of likely N-dealkylation sites (tertiary alicyclic amines) is 1. The van der Waals surface area contributed by atoms with Crippen molar-refractivity contribution in [1.29, 1.82) is 0 Å². The molecule has 104 valence electrons. The summed E-state index contributed by atoms with van der Waals surface area (Å²) in [6, 6.07) is 1.66. The van der Waals surface area contributed by atoms with Crippen molar-refractivity contribution >= 4 is 17.5 Å². The highest BCUT2D eigenvalue weighted by molar-refractivity contribution is 6.30. The van der Waals surface area contributed by atoms with Gasteiger partial charge in [0, 0.05) is 25.2 Å². The number of hydrogen-bond donors (Lipinski definition) is 2. The molecule has 1 amide bonds. The summed E-state index contributed by atoms with van der Waals surface area (Å²) in [7, 11) is 0. The van der Waals surface area contributed by atoms with E-state index in [-0.39, 0.29) is 11.8 Å². The van der Waals surface area contributed by atoms with Crippen molar-refractivity contribution in [2.75, 3.05) is 13.1 Å². The van der Waals surface area contributed by atoms with Gasteiger partial charge in [0.1, 0.15) is 5.69 Å². The highest BCUT2D eigenvalue weighted by atomic mass is 35.5. The molecule has 2 N–H and O–H groups in total. The van der Waals surface area contributed by atoms with Crippen LogP contribution in [0, 0.1) is 5.92 Å². The third-order valence-corrected chi connectivity index (χ3v) is 4.81. The summed E-state index contributed by atoms with van der Waals surface area (Å²) in [5, 5.41) is 11.1. The Morgan fingerprint density at radius 3 is 3.05 bits per heavy atom. The lowest BCUT2D eigenvalue weighted by Crippen LogP contribution is -2.54. The number of nitrogens with one attached hydrogen (secondary N) is 1. The number of H-pyrrole nitrogens is 1. The Balaban J connectivity index is 1.72. The second-order valence-electron chi connectivity index (χ2n) is 5.78. The lowest BCUT2D eigenvalue weighted by Gasteiger charge is -2.47. The van der Waals surface area contributed by atoms with Gasteiger partial charge in [-0.1, -0.05) is 24.4 Å². The molecule has 4 nitrogen and oxygen atoms in total. The lowest BCUT2D eigenvalue weighted by atomic mass is 9.71. The van der Waals surface area contributed by atoms with Crippen molar-refractivity contribution in [2.24, 2.45) is 5.92 Å². The molecule has 1 aliphatic carbocycles. The molecule has 0 spiro atoms. The van der Waals surface area contributed by atoms with E-state index in [9.17, 15) is 9.90 Å². The Hall–Kier alpha value is -1.00. The number of aromatic amines is 1. The largest absolute Gasteiger partial charge is 0.389 e. The van der Waals surface area contributed by atoms with Crippen LogP contribution in [-0.2, 0) is 0 Å². The number of carbonyl (C=O) groups excluding carboxylic acids is 1. The van der Waals surface area contributed by atoms with Gasteiger partial charge in [0.25, 0.3) is 5.91 Å². The average Bonchev–Trinajstić information content (AvgIpc) is 2.83. The van der Waals surface area contributed by atoms with Gasteiger partial charge in [0.05, 0.1) is 10.6 Å². The zero-order chi connectivity index (χ0) is 13.5. The fourth-order valence-corrected chi connectivity index (χ4v) is 3.58. The minimum Gasteiger partial charge on any atom is -0.389 e. The highest BCUT2D eigenvalue weighted by Crippen LogP contribution is 2.40. The Labute approximate surface area is 117 Å². The van der Waals surface area contributed by atoms with E-state index >= 15 is 0 Å². The van der Waals surface area contributed by atoms with Crippen molar-refractivity contribution in [3.63, 3.8) is 0 Å². The first-order valence-corrected chi connectivity index (χ1v) is 7.32. The molecule has 0 radical (unpaired) electrons. The maximum Gasteiger partial charge on any atom is 0.270 e. The van der Waals surface area contributed by atoms with Crippen LogP contribution in [-0.4, -0.2) is 39.6 Å². The predicted octanol–water partition coefficient (Wildman–Crippen LogP) is 2.44. The molecule has 2 heterocycles. The summed E-state index contributed by atoms with van der Waals surface area (Å²) in [6.45, 7) is 1.29. The molecule has 0 bridgehead atoms. The number of amides is 1. The number of carbonyl (C=O) groups is 1. The van der Waals surface area contributed by atoms with Gasteiger partial charge in [-0.25, -0.2) is 0 Å². The van der Waals surface area contributed by atoms with E-state index in [4.69, 9.17) is 11.6 Å². The number of aromatic nitrogens is 1. The lowest BCUT2D eigenvalue weighted by molar-refractivity contribution is -0.0886. The fraction of sp³-hybridized carbons (Fsp3) is 0.643. The zero-order valence-electron chi connectivity index (χ0n) is 10.9. The molecule has 19 heavy (non-hydrogen) atoms. The predicted molar refractivity (Wildman–Crippen MR) is 73.2 cm³/mol. The van der Waals surface area contributed by atoms with Crippen LogP contribution in [0.4, 0.5) is 0 Å². The minimum absolute atomic E-state index is 0.0143. The summed E-state index contributed by atoms with van der Waals surface area (Å²) in [4.78, 5) is 17.1. The molecule has 1 aliphatic heterocycles. The van der Waals surface area contributed by atoms with E-state index in [1.54, 1.807) is 12.3 Å². The van der Waals surface area contributed by atoms with Gasteiger partial charge in [-0.3, -0.25) is 4.79 Å². The molecular formula is C14H19ClN2O2. The Morgan fingerprint density at radius 2 is 2.32 bits per heavy atom. The third kappa shape index (κ3) is 2.39. The third-order valence-electron chi connectivity index (χ3n) is 4.59. The van der Waals surface area contributed by atoms with Crippen molar-refractivity contribution in [3.8, 4) is 0 Å². The van der Waals surface area contributed by atoms with Crippen molar-refractivity contribution in [1.82, 2.24) is 9.88 Å². The second kappa shape index (κ2) is 4.84. The highest BCUT2D eigenvalue weighted by Gasteiger charge is 2.43. The molecule has 2 fully saturated rings. The van der Waals surface area contributed by atoms with Gasteiger partial charge in [0.2, 0.25) is 0 Å². The van der Waals surface area contributed by atoms with Crippen LogP contribution >= 0.6 is 11.6 Å². The summed E-state index contributed by atoms with van der Waals surface area (Å²) in [5.74, 6) is 0.212. The van der Waals surface area contributed by atoms with Gasteiger partial charge in [0.15, 0.2) is 0 Å². The van der Waals surface area contributed by atoms with E-state index in [0.29, 0.717) is 30.2 Å². The normalized spacial score (nSPS) is 31.1. The van der Waals surface area contributed by atoms with Crippen LogP contribution in [0.15, 0.2) is 12.3 Å². The Kier molecular flexibility index (Phi) is 3.31. The Morgan fingerprint density at radius 1 is 1.47 bits per heavy atom. The van der Waals surface area contributed by atoms with Gasteiger partial charge < -0.3 is 15.0 Å². The monoisotopic (exact) mass is 282 g/mol. The van der Waals surface area contributed by atoms with E-state index < -0.39 is 5.60 Å². The SMILES string of the molecule is O=C(c1cc(Cl)c[nH]1)N1CCC2(O)CCCCC2C1. The molecule has 1 aromatic heterocycles. The molecule has 2 atom stereocenters. The van der Waals surface area contributed by atoms with Gasteiger partial charge >= 0.3 is 0 Å². The molecule has 2 unspecified atom stereocenters. The maximum absolute atomic E-state index is 12.3. The van der Waals surface area contributed by atoms with Crippen molar-refractivity contribution in [3.05, 3.63) is 23.0 Å². The van der Waals surface area contributed by atoms with Crippen LogP contribution in [0.5, 0.6) is 0 Å². The molecular weight excluding hydrogens is 264 g/mol. The number of fused-ring (bicyclic) bond motifs is 1.